The number of amides is 1. The molecule has 0 fully saturated rings. The molecule has 2 heterocycles. The highest BCUT2D eigenvalue weighted by Gasteiger charge is 2.29. The molecular formula is C28H27N3O2. The summed E-state index contributed by atoms with van der Waals surface area (Å²) in [6.45, 7) is 4.95. The number of nitrogens with one attached hydrogen (secondary N) is 1. The van der Waals surface area contributed by atoms with E-state index in [1.54, 1.807) is 12.5 Å². The second-order valence-electron chi connectivity index (χ2n) is 8.75. The molecule has 0 atom stereocenters. The maximum Gasteiger partial charge on any atom is 0.225 e. The fourth-order valence-electron chi connectivity index (χ4n) is 4.57. The van der Waals surface area contributed by atoms with Gasteiger partial charge in [-0.3, -0.25) is 4.79 Å². The highest BCUT2D eigenvalue weighted by atomic mass is 16.5. The Morgan fingerprint density at radius 1 is 1.00 bits per heavy atom. The molecule has 1 amide bonds. The van der Waals surface area contributed by atoms with Crippen LogP contribution in [-0.2, 0) is 11.3 Å². The number of benzene rings is 3. The lowest BCUT2D eigenvalue weighted by Crippen LogP contribution is -2.21. The van der Waals surface area contributed by atoms with Gasteiger partial charge < -0.3 is 14.6 Å². The van der Waals surface area contributed by atoms with Gasteiger partial charge in [-0.05, 0) is 29.2 Å². The average Bonchev–Trinajstić information content (AvgIpc) is 3.33. The molecule has 0 aliphatic carbocycles. The van der Waals surface area contributed by atoms with Crippen molar-refractivity contribution in [2.24, 2.45) is 0 Å². The molecule has 4 aromatic rings. The van der Waals surface area contributed by atoms with Crippen molar-refractivity contribution in [1.29, 1.82) is 0 Å². The fourth-order valence-corrected chi connectivity index (χ4v) is 4.57. The molecule has 0 saturated heterocycles. The summed E-state index contributed by atoms with van der Waals surface area (Å²) in [5, 5.41) is 3.27. The van der Waals surface area contributed by atoms with Crippen molar-refractivity contribution in [2.75, 3.05) is 5.32 Å². The molecule has 5 heteroatoms. The van der Waals surface area contributed by atoms with Crippen molar-refractivity contribution in [1.82, 2.24) is 9.55 Å². The number of imidazole rings is 1. The van der Waals surface area contributed by atoms with Crippen molar-refractivity contribution in [3.63, 3.8) is 0 Å². The topological polar surface area (TPSA) is 56.2 Å². The van der Waals surface area contributed by atoms with Gasteiger partial charge in [0.2, 0.25) is 5.91 Å². The van der Waals surface area contributed by atoms with E-state index >= 15 is 0 Å². The molecule has 0 bridgehead atoms. The first kappa shape index (κ1) is 21.0. The molecule has 0 spiro atoms. The molecule has 0 saturated carbocycles. The number of carbonyl (C=O) groups is 1. The molecule has 5 nitrogen and oxygen atoms in total. The Morgan fingerprint density at radius 3 is 2.33 bits per heavy atom. The number of anilines is 1. The van der Waals surface area contributed by atoms with Crippen LogP contribution in [0.15, 0.2) is 85.5 Å². The van der Waals surface area contributed by atoms with E-state index in [-0.39, 0.29) is 17.7 Å². The summed E-state index contributed by atoms with van der Waals surface area (Å²) in [6, 6.07) is 22.2. The van der Waals surface area contributed by atoms with E-state index in [1.807, 2.05) is 47.2 Å². The minimum absolute atomic E-state index is 0.00788. The lowest BCUT2D eigenvalue weighted by molar-refractivity contribution is -0.116. The predicted octanol–water partition coefficient (Wildman–Crippen LogP) is 6.32. The lowest BCUT2D eigenvalue weighted by Gasteiger charge is -2.28. The molecule has 0 unspecified atom stereocenters. The second-order valence-corrected chi connectivity index (χ2v) is 8.75. The quantitative estimate of drug-likeness (QED) is 0.384. The average molecular weight is 438 g/mol. The van der Waals surface area contributed by atoms with Gasteiger partial charge >= 0.3 is 0 Å². The third kappa shape index (κ3) is 4.27. The summed E-state index contributed by atoms with van der Waals surface area (Å²) >= 11 is 0. The number of hydrogen-bond donors (Lipinski definition) is 1. The summed E-state index contributed by atoms with van der Waals surface area (Å²) in [5.41, 5.74) is 5.19. The van der Waals surface area contributed by atoms with Crippen LogP contribution in [0.25, 0.3) is 0 Å². The Labute approximate surface area is 194 Å². The van der Waals surface area contributed by atoms with E-state index in [0.29, 0.717) is 13.0 Å². The van der Waals surface area contributed by atoms with Crippen molar-refractivity contribution < 1.29 is 9.53 Å². The Bertz CT molecular complexity index is 1230. The maximum absolute atomic E-state index is 13.5. The molecule has 33 heavy (non-hydrogen) atoms. The highest BCUT2D eigenvalue weighted by Crippen LogP contribution is 2.45. The molecule has 5 rings (SSSR count). The van der Waals surface area contributed by atoms with Crippen LogP contribution in [0.5, 0.6) is 11.5 Å². The van der Waals surface area contributed by atoms with E-state index in [1.165, 1.54) is 0 Å². The molecule has 3 aromatic carbocycles. The van der Waals surface area contributed by atoms with Gasteiger partial charge in [-0.15, -0.1) is 0 Å². The first-order valence-corrected chi connectivity index (χ1v) is 11.3. The highest BCUT2D eigenvalue weighted by molar-refractivity contribution is 5.93. The van der Waals surface area contributed by atoms with Gasteiger partial charge in [0.25, 0.3) is 0 Å². The van der Waals surface area contributed by atoms with Crippen molar-refractivity contribution in [3.05, 3.63) is 108 Å². The third-order valence-electron chi connectivity index (χ3n) is 6.18. The van der Waals surface area contributed by atoms with Crippen molar-refractivity contribution >= 4 is 11.6 Å². The van der Waals surface area contributed by atoms with Gasteiger partial charge in [-0.25, -0.2) is 4.98 Å². The minimum Gasteiger partial charge on any atom is -0.457 e. The van der Waals surface area contributed by atoms with Crippen LogP contribution < -0.4 is 10.1 Å². The SMILES string of the molecule is CC(C)c1cccc(Cn2ccnc2)c1NC(=O)CC1c2ccccc2Oc2ccccc21. The van der Waals surface area contributed by atoms with Crippen LogP contribution in [0.1, 0.15) is 54.4 Å². The van der Waals surface area contributed by atoms with E-state index in [2.05, 4.69) is 54.5 Å². The monoisotopic (exact) mass is 437 g/mol. The first-order valence-electron chi connectivity index (χ1n) is 11.3. The Morgan fingerprint density at radius 2 is 1.70 bits per heavy atom. The molecule has 1 aromatic heterocycles. The van der Waals surface area contributed by atoms with Gasteiger partial charge in [0.1, 0.15) is 11.5 Å². The van der Waals surface area contributed by atoms with E-state index < -0.39 is 0 Å². The summed E-state index contributed by atoms with van der Waals surface area (Å²) in [4.78, 5) is 17.6. The number of rotatable bonds is 6. The third-order valence-corrected chi connectivity index (χ3v) is 6.18. The molecular weight excluding hydrogens is 410 g/mol. The zero-order chi connectivity index (χ0) is 22.8. The molecule has 1 N–H and O–H groups in total. The summed E-state index contributed by atoms with van der Waals surface area (Å²) < 4.78 is 8.11. The standard InChI is InChI=1S/C28H27N3O2/c1-19(2)21-11-7-8-20(17-31-15-14-29-18-31)28(21)30-27(32)16-24-22-9-3-5-12-25(22)33-26-13-6-4-10-23(24)26/h3-15,18-19,24H,16-17H2,1-2H3,(H,30,32). The van der Waals surface area contributed by atoms with E-state index in [9.17, 15) is 4.79 Å². The van der Waals surface area contributed by atoms with Gasteiger partial charge in [-0.2, -0.15) is 0 Å². The summed E-state index contributed by atoms with van der Waals surface area (Å²) in [6.07, 6.45) is 5.84. The van der Waals surface area contributed by atoms with Crippen molar-refractivity contribution in [2.45, 2.75) is 38.6 Å². The predicted molar refractivity (Wildman–Crippen MR) is 130 cm³/mol. The second kappa shape index (κ2) is 8.94. The number of ether oxygens (including phenoxy) is 1. The largest absolute Gasteiger partial charge is 0.457 e. The first-order chi connectivity index (χ1) is 16.1. The number of nitrogens with zero attached hydrogens (tertiary/aromatic N) is 2. The van der Waals surface area contributed by atoms with Gasteiger partial charge in [0.15, 0.2) is 0 Å². The number of hydrogen-bond acceptors (Lipinski definition) is 3. The zero-order valence-electron chi connectivity index (χ0n) is 18.9. The van der Waals surface area contributed by atoms with E-state index in [0.717, 1.165) is 39.4 Å². The normalized spacial score (nSPS) is 12.7. The van der Waals surface area contributed by atoms with Gasteiger partial charge in [0, 0.05) is 41.5 Å². The Kier molecular flexibility index (Phi) is 5.69. The van der Waals surface area contributed by atoms with Gasteiger partial charge in [0.05, 0.1) is 12.9 Å². The number of carbonyl (C=O) groups excluding carboxylic acids is 1. The van der Waals surface area contributed by atoms with Crippen molar-refractivity contribution in [3.8, 4) is 11.5 Å². The number of fused-ring (bicyclic) bond motifs is 2. The van der Waals surface area contributed by atoms with Crippen LogP contribution in [-0.4, -0.2) is 15.5 Å². The van der Waals surface area contributed by atoms with Crippen LogP contribution >= 0.6 is 0 Å². The molecule has 1 aliphatic heterocycles. The molecule has 166 valence electrons. The zero-order valence-corrected chi connectivity index (χ0v) is 18.9. The number of para-hydroxylation sites is 3. The van der Waals surface area contributed by atoms with Crippen LogP contribution in [0, 0.1) is 0 Å². The van der Waals surface area contributed by atoms with E-state index in [4.69, 9.17) is 4.74 Å². The lowest BCUT2D eigenvalue weighted by atomic mass is 9.85. The van der Waals surface area contributed by atoms with Crippen LogP contribution in [0.4, 0.5) is 5.69 Å². The summed E-state index contributed by atoms with van der Waals surface area (Å²) in [5.74, 6) is 1.85. The minimum atomic E-state index is -0.0607. The summed E-state index contributed by atoms with van der Waals surface area (Å²) in [7, 11) is 0. The molecule has 1 aliphatic rings. The maximum atomic E-state index is 13.5. The number of aromatic nitrogens is 2. The Balaban J connectivity index is 1.46. The smallest absolute Gasteiger partial charge is 0.225 e. The van der Waals surface area contributed by atoms with Crippen LogP contribution in [0.2, 0.25) is 0 Å². The Hall–Kier alpha value is -3.86. The molecule has 0 radical (unpaired) electrons. The van der Waals surface area contributed by atoms with Gasteiger partial charge in [-0.1, -0.05) is 68.4 Å². The van der Waals surface area contributed by atoms with Crippen LogP contribution in [0.3, 0.4) is 0 Å². The fraction of sp³-hybridized carbons (Fsp3) is 0.214.